The Kier molecular flexibility index (Phi) is 5.57. The van der Waals surface area contributed by atoms with Gasteiger partial charge in [0.25, 0.3) is 5.69 Å². The molecule has 0 spiro atoms. The summed E-state index contributed by atoms with van der Waals surface area (Å²) in [4.78, 5) is 38.5. The highest BCUT2D eigenvalue weighted by molar-refractivity contribution is 6.35. The second kappa shape index (κ2) is 8.02. The first-order chi connectivity index (χ1) is 14.3. The van der Waals surface area contributed by atoms with E-state index in [0.29, 0.717) is 46.1 Å². The van der Waals surface area contributed by atoms with Crippen LogP contribution in [0.2, 0.25) is 15.1 Å². The van der Waals surface area contributed by atoms with Crippen molar-refractivity contribution >= 4 is 57.9 Å². The number of anilines is 1. The molecule has 2 aromatic carbocycles. The molecule has 1 aliphatic carbocycles. The van der Waals surface area contributed by atoms with E-state index in [-0.39, 0.29) is 34.5 Å². The number of carbonyl (C=O) groups excluding carboxylic acids is 2. The number of nitro groups is 1. The summed E-state index contributed by atoms with van der Waals surface area (Å²) in [7, 11) is 0. The standard InChI is InChI=1S/C21H15Cl3N2O4/c22-11-4-6-13(15(24)8-11)14-10-20(28)25(17-2-1-3-19(27)21(14)17)16-7-5-12(23)9-18(16)26(29)30/h4-9,14H,1-3,10H2. The van der Waals surface area contributed by atoms with Gasteiger partial charge in [0.1, 0.15) is 5.69 Å². The molecule has 2 aliphatic rings. The molecule has 9 heteroatoms. The number of nitro benzene ring substituents is 1. The summed E-state index contributed by atoms with van der Waals surface area (Å²) in [6.45, 7) is 0. The van der Waals surface area contributed by atoms with E-state index < -0.39 is 10.8 Å². The minimum atomic E-state index is -0.582. The van der Waals surface area contributed by atoms with Gasteiger partial charge in [-0.25, -0.2) is 0 Å². The van der Waals surface area contributed by atoms with Gasteiger partial charge in [-0.1, -0.05) is 40.9 Å². The zero-order valence-electron chi connectivity index (χ0n) is 15.5. The molecule has 0 fully saturated rings. The van der Waals surface area contributed by atoms with Crippen LogP contribution < -0.4 is 4.90 Å². The average Bonchev–Trinajstić information content (AvgIpc) is 2.68. The van der Waals surface area contributed by atoms with Crippen LogP contribution in [-0.4, -0.2) is 16.6 Å². The van der Waals surface area contributed by atoms with Gasteiger partial charge in [0.05, 0.1) is 4.92 Å². The maximum Gasteiger partial charge on any atom is 0.294 e. The lowest BCUT2D eigenvalue weighted by Crippen LogP contribution is -2.40. The van der Waals surface area contributed by atoms with E-state index in [4.69, 9.17) is 34.8 Å². The molecule has 6 nitrogen and oxygen atoms in total. The lowest BCUT2D eigenvalue weighted by atomic mass is 9.77. The summed E-state index contributed by atoms with van der Waals surface area (Å²) in [5.74, 6) is -0.945. The predicted octanol–water partition coefficient (Wildman–Crippen LogP) is 6.08. The van der Waals surface area contributed by atoms with Gasteiger partial charge in [0.2, 0.25) is 5.91 Å². The van der Waals surface area contributed by atoms with Crippen molar-refractivity contribution in [1.82, 2.24) is 0 Å². The van der Waals surface area contributed by atoms with Gasteiger partial charge in [-0.2, -0.15) is 0 Å². The molecule has 2 aromatic rings. The smallest absolute Gasteiger partial charge is 0.294 e. The third kappa shape index (κ3) is 3.60. The molecule has 0 saturated heterocycles. The maximum atomic E-state index is 13.2. The van der Waals surface area contributed by atoms with Crippen molar-refractivity contribution in [2.24, 2.45) is 0 Å². The van der Waals surface area contributed by atoms with Crippen molar-refractivity contribution in [1.29, 1.82) is 0 Å². The zero-order valence-corrected chi connectivity index (χ0v) is 17.8. The Balaban J connectivity index is 1.92. The molecule has 1 aliphatic heterocycles. The van der Waals surface area contributed by atoms with Crippen LogP contribution in [0.1, 0.15) is 37.2 Å². The minimum Gasteiger partial charge on any atom is -0.294 e. The fourth-order valence-corrected chi connectivity index (χ4v) is 4.86. The lowest BCUT2D eigenvalue weighted by Gasteiger charge is -2.38. The predicted molar refractivity (Wildman–Crippen MR) is 115 cm³/mol. The molecule has 30 heavy (non-hydrogen) atoms. The number of nitrogens with zero attached hydrogens (tertiary/aromatic N) is 2. The molecule has 4 rings (SSSR count). The Morgan fingerprint density at radius 3 is 2.40 bits per heavy atom. The van der Waals surface area contributed by atoms with Crippen LogP contribution in [0.25, 0.3) is 0 Å². The fourth-order valence-electron chi connectivity index (χ4n) is 4.15. The number of rotatable bonds is 3. The minimum absolute atomic E-state index is 0.0360. The number of halogens is 3. The van der Waals surface area contributed by atoms with Gasteiger partial charge in [0, 0.05) is 51.2 Å². The number of benzene rings is 2. The Labute approximate surface area is 187 Å². The first-order valence-electron chi connectivity index (χ1n) is 9.26. The quantitative estimate of drug-likeness (QED) is 0.406. The van der Waals surface area contributed by atoms with Crippen molar-refractivity contribution < 1.29 is 14.5 Å². The highest BCUT2D eigenvalue weighted by atomic mass is 35.5. The largest absolute Gasteiger partial charge is 0.294 e. The summed E-state index contributed by atoms with van der Waals surface area (Å²) in [5, 5.41) is 12.6. The van der Waals surface area contributed by atoms with E-state index in [1.54, 1.807) is 18.2 Å². The molecule has 0 bridgehead atoms. The number of hydrogen-bond acceptors (Lipinski definition) is 4. The van der Waals surface area contributed by atoms with Gasteiger partial charge < -0.3 is 0 Å². The number of carbonyl (C=O) groups is 2. The molecule has 1 atom stereocenters. The first-order valence-corrected chi connectivity index (χ1v) is 10.4. The number of allylic oxidation sites excluding steroid dienone is 2. The second-order valence-corrected chi connectivity index (χ2v) is 8.46. The third-order valence-electron chi connectivity index (χ3n) is 5.39. The molecular weight excluding hydrogens is 451 g/mol. The van der Waals surface area contributed by atoms with E-state index in [1.165, 1.54) is 23.1 Å². The van der Waals surface area contributed by atoms with Crippen LogP contribution in [0.15, 0.2) is 47.7 Å². The van der Waals surface area contributed by atoms with Crippen molar-refractivity contribution in [3.8, 4) is 0 Å². The summed E-state index contributed by atoms with van der Waals surface area (Å²) in [6.07, 6.45) is 1.33. The monoisotopic (exact) mass is 464 g/mol. The molecule has 1 heterocycles. The van der Waals surface area contributed by atoms with E-state index in [1.807, 2.05) is 0 Å². The Hall–Kier alpha value is -2.41. The number of ketones is 1. The Morgan fingerprint density at radius 2 is 1.70 bits per heavy atom. The molecule has 154 valence electrons. The second-order valence-electron chi connectivity index (χ2n) is 7.18. The highest BCUT2D eigenvalue weighted by Crippen LogP contribution is 2.47. The molecule has 0 N–H and O–H groups in total. The van der Waals surface area contributed by atoms with E-state index in [2.05, 4.69) is 0 Å². The molecule has 0 radical (unpaired) electrons. The first kappa shape index (κ1) is 20.8. The number of Topliss-reactive ketones (excluding diaryl/α,β-unsaturated/α-hetero) is 1. The van der Waals surface area contributed by atoms with Crippen LogP contribution >= 0.6 is 34.8 Å². The van der Waals surface area contributed by atoms with Crippen molar-refractivity contribution in [3.05, 3.63) is 78.4 Å². The van der Waals surface area contributed by atoms with Crippen molar-refractivity contribution in [2.45, 2.75) is 31.6 Å². The van der Waals surface area contributed by atoms with Crippen LogP contribution in [0, 0.1) is 10.1 Å². The topological polar surface area (TPSA) is 80.5 Å². The lowest BCUT2D eigenvalue weighted by molar-refractivity contribution is -0.384. The van der Waals surface area contributed by atoms with Gasteiger partial charge in [-0.15, -0.1) is 0 Å². The zero-order chi connectivity index (χ0) is 21.6. The van der Waals surface area contributed by atoms with Crippen molar-refractivity contribution in [2.75, 3.05) is 4.90 Å². The highest BCUT2D eigenvalue weighted by Gasteiger charge is 2.42. The van der Waals surface area contributed by atoms with E-state index in [0.717, 1.165) is 0 Å². The summed E-state index contributed by atoms with van der Waals surface area (Å²) in [6, 6.07) is 9.10. The Morgan fingerprint density at radius 1 is 1.00 bits per heavy atom. The van der Waals surface area contributed by atoms with Crippen molar-refractivity contribution in [3.63, 3.8) is 0 Å². The SMILES string of the molecule is O=C1CCCC2=C1C(c1ccc(Cl)cc1Cl)CC(=O)N2c1ccc(Cl)cc1[N+](=O)[O-]. The Bertz CT molecular complexity index is 1130. The van der Waals surface area contributed by atoms with Gasteiger partial charge in [-0.05, 0) is 42.7 Å². The summed E-state index contributed by atoms with van der Waals surface area (Å²) in [5.41, 5.74) is 1.43. The van der Waals surface area contributed by atoms with E-state index in [9.17, 15) is 19.7 Å². The molecule has 1 amide bonds. The third-order valence-corrected chi connectivity index (χ3v) is 6.19. The molecule has 1 unspecified atom stereocenters. The van der Waals surface area contributed by atoms with Crippen LogP contribution in [0.5, 0.6) is 0 Å². The van der Waals surface area contributed by atoms with Gasteiger partial charge >= 0.3 is 0 Å². The molecule has 0 saturated carbocycles. The normalized spacial score (nSPS) is 19.2. The molecule has 0 aromatic heterocycles. The van der Waals surface area contributed by atoms with Gasteiger partial charge in [0.15, 0.2) is 5.78 Å². The maximum absolute atomic E-state index is 13.2. The average molecular weight is 466 g/mol. The number of hydrogen-bond donors (Lipinski definition) is 0. The fraction of sp³-hybridized carbons (Fsp3) is 0.238. The summed E-state index contributed by atoms with van der Waals surface area (Å²) < 4.78 is 0. The van der Waals surface area contributed by atoms with Crippen LogP contribution in [-0.2, 0) is 9.59 Å². The van der Waals surface area contributed by atoms with Crippen LogP contribution in [0.3, 0.4) is 0 Å². The number of amides is 1. The van der Waals surface area contributed by atoms with Crippen LogP contribution in [0.4, 0.5) is 11.4 Å². The summed E-state index contributed by atoms with van der Waals surface area (Å²) >= 11 is 18.3. The molecular formula is C21H15Cl3N2O4. The van der Waals surface area contributed by atoms with E-state index >= 15 is 0 Å². The van der Waals surface area contributed by atoms with Gasteiger partial charge in [-0.3, -0.25) is 24.6 Å².